The molecule has 2 rings (SSSR count). The number of rotatable bonds is 2. The molecule has 24 heavy (non-hydrogen) atoms. The number of carbonyl (C=O) groups excluding carboxylic acids is 2. The molecule has 1 heterocycles. The molecule has 0 aliphatic heterocycles. The second kappa shape index (κ2) is 10.1. The number of anilines is 1. The second-order valence-corrected chi connectivity index (χ2v) is 6.71. The molecule has 0 atom stereocenters. The molecule has 2 amide bonds. The van der Waals surface area contributed by atoms with Crippen LogP contribution in [0.2, 0.25) is 0 Å². The Hall–Kier alpha value is -1.85. The van der Waals surface area contributed by atoms with Gasteiger partial charge in [0.05, 0.1) is 0 Å². The van der Waals surface area contributed by atoms with Gasteiger partial charge in [-0.05, 0) is 19.8 Å². The molecule has 6 heteroatoms. The third kappa shape index (κ3) is 6.72. The Labute approximate surface area is 143 Å². The predicted molar refractivity (Wildman–Crippen MR) is 92.6 cm³/mol. The summed E-state index contributed by atoms with van der Waals surface area (Å²) in [5, 5.41) is 9.02. The van der Waals surface area contributed by atoms with E-state index in [2.05, 4.69) is 15.8 Å². The summed E-state index contributed by atoms with van der Waals surface area (Å²) in [5.41, 5.74) is 0. The minimum Gasteiger partial charge on any atom is -0.360 e. The van der Waals surface area contributed by atoms with Crippen LogP contribution in [0.3, 0.4) is 0 Å². The standard InChI is InChI=1S/C18H29N3O3/c1-14-13-16(21-24-14)20-18(23)17(22)19-15-11-9-7-5-3-2-4-6-8-10-12-15/h13,15H,2-12H2,1H3,(H,19,22)(H,20,21,23). The van der Waals surface area contributed by atoms with Crippen LogP contribution >= 0.6 is 0 Å². The third-order valence-electron chi connectivity index (χ3n) is 4.52. The lowest BCUT2D eigenvalue weighted by atomic mass is 9.98. The van der Waals surface area contributed by atoms with Gasteiger partial charge in [0.1, 0.15) is 5.76 Å². The molecule has 134 valence electrons. The SMILES string of the molecule is Cc1cc(NC(=O)C(=O)NC2CCCCCCCCCCC2)no1. The Kier molecular flexibility index (Phi) is 7.79. The maximum absolute atomic E-state index is 12.1. The molecule has 0 saturated heterocycles. The highest BCUT2D eigenvalue weighted by Crippen LogP contribution is 2.17. The number of hydrogen-bond acceptors (Lipinski definition) is 4. The van der Waals surface area contributed by atoms with Crippen LogP contribution in [0.15, 0.2) is 10.6 Å². The van der Waals surface area contributed by atoms with Crippen molar-refractivity contribution >= 4 is 17.6 Å². The summed E-state index contributed by atoms with van der Waals surface area (Å²) in [4.78, 5) is 24.1. The summed E-state index contributed by atoms with van der Waals surface area (Å²) in [6.45, 7) is 1.73. The summed E-state index contributed by atoms with van der Waals surface area (Å²) >= 11 is 0. The van der Waals surface area contributed by atoms with Gasteiger partial charge in [-0.15, -0.1) is 0 Å². The monoisotopic (exact) mass is 335 g/mol. The van der Waals surface area contributed by atoms with E-state index < -0.39 is 11.8 Å². The van der Waals surface area contributed by atoms with Crippen molar-refractivity contribution in [3.8, 4) is 0 Å². The van der Waals surface area contributed by atoms with Crippen molar-refractivity contribution in [3.63, 3.8) is 0 Å². The summed E-state index contributed by atoms with van der Waals surface area (Å²) in [6.07, 6.45) is 13.0. The Balaban J connectivity index is 1.80. The Bertz CT molecular complexity index is 515. The zero-order valence-electron chi connectivity index (χ0n) is 14.6. The van der Waals surface area contributed by atoms with Gasteiger partial charge in [-0.3, -0.25) is 14.9 Å². The van der Waals surface area contributed by atoms with Gasteiger partial charge < -0.3 is 9.84 Å². The van der Waals surface area contributed by atoms with Crippen LogP contribution in [-0.4, -0.2) is 23.0 Å². The van der Waals surface area contributed by atoms with Crippen molar-refractivity contribution in [2.75, 3.05) is 5.32 Å². The molecule has 1 aliphatic carbocycles. The average Bonchev–Trinajstić information content (AvgIpc) is 2.95. The van der Waals surface area contributed by atoms with Crippen LogP contribution in [0, 0.1) is 6.92 Å². The van der Waals surface area contributed by atoms with Gasteiger partial charge in [0.15, 0.2) is 5.82 Å². The van der Waals surface area contributed by atoms with E-state index in [1.54, 1.807) is 13.0 Å². The highest BCUT2D eigenvalue weighted by molar-refractivity contribution is 6.39. The number of aromatic nitrogens is 1. The summed E-state index contributed by atoms with van der Waals surface area (Å²) in [7, 11) is 0. The minimum atomic E-state index is -0.686. The van der Waals surface area contributed by atoms with E-state index in [1.807, 2.05) is 0 Å². The Morgan fingerprint density at radius 1 is 0.958 bits per heavy atom. The lowest BCUT2D eigenvalue weighted by Gasteiger charge is -2.19. The van der Waals surface area contributed by atoms with Gasteiger partial charge in [-0.1, -0.05) is 62.9 Å². The van der Waals surface area contributed by atoms with Gasteiger partial charge in [-0.2, -0.15) is 0 Å². The van der Waals surface area contributed by atoms with E-state index in [9.17, 15) is 9.59 Å². The fourth-order valence-corrected chi connectivity index (χ4v) is 3.16. The first kappa shape index (κ1) is 18.5. The molecule has 1 saturated carbocycles. The van der Waals surface area contributed by atoms with Crippen molar-refractivity contribution in [3.05, 3.63) is 11.8 Å². The maximum Gasteiger partial charge on any atom is 0.314 e. The third-order valence-corrected chi connectivity index (χ3v) is 4.52. The van der Waals surface area contributed by atoms with Crippen LogP contribution in [-0.2, 0) is 9.59 Å². The Morgan fingerprint density at radius 2 is 1.50 bits per heavy atom. The van der Waals surface area contributed by atoms with Crippen molar-refractivity contribution < 1.29 is 14.1 Å². The summed E-state index contributed by atoms with van der Waals surface area (Å²) < 4.78 is 4.88. The van der Waals surface area contributed by atoms with Crippen molar-refractivity contribution in [1.29, 1.82) is 0 Å². The highest BCUT2D eigenvalue weighted by Gasteiger charge is 2.19. The number of nitrogens with one attached hydrogen (secondary N) is 2. The van der Waals surface area contributed by atoms with Gasteiger partial charge >= 0.3 is 11.8 Å². The van der Waals surface area contributed by atoms with Gasteiger partial charge in [0.2, 0.25) is 0 Å². The Morgan fingerprint density at radius 3 is 2.00 bits per heavy atom. The fraction of sp³-hybridized carbons (Fsp3) is 0.722. The van der Waals surface area contributed by atoms with Gasteiger partial charge in [0, 0.05) is 12.1 Å². The second-order valence-electron chi connectivity index (χ2n) is 6.71. The van der Waals surface area contributed by atoms with E-state index in [0.717, 1.165) is 25.7 Å². The van der Waals surface area contributed by atoms with Crippen LogP contribution in [0.1, 0.15) is 76.4 Å². The van der Waals surface area contributed by atoms with Gasteiger partial charge in [-0.25, -0.2) is 0 Å². The molecule has 1 aromatic heterocycles. The van der Waals surface area contributed by atoms with Gasteiger partial charge in [0.25, 0.3) is 0 Å². The quantitative estimate of drug-likeness (QED) is 0.807. The summed E-state index contributed by atoms with van der Waals surface area (Å²) in [5.74, 6) is -0.418. The largest absolute Gasteiger partial charge is 0.360 e. The van der Waals surface area contributed by atoms with Crippen LogP contribution in [0.5, 0.6) is 0 Å². The zero-order chi connectivity index (χ0) is 17.2. The van der Waals surface area contributed by atoms with E-state index in [4.69, 9.17) is 4.52 Å². The number of carbonyl (C=O) groups is 2. The molecular formula is C18H29N3O3. The highest BCUT2D eigenvalue weighted by atomic mass is 16.5. The first-order valence-corrected chi connectivity index (χ1v) is 9.20. The average molecular weight is 335 g/mol. The summed E-state index contributed by atoms with van der Waals surface area (Å²) in [6, 6.07) is 1.67. The minimum absolute atomic E-state index is 0.0849. The molecule has 1 fully saturated rings. The number of hydrogen-bond donors (Lipinski definition) is 2. The van der Waals surface area contributed by atoms with E-state index in [-0.39, 0.29) is 11.9 Å². The molecule has 1 aromatic rings. The van der Waals surface area contributed by atoms with Crippen LogP contribution in [0.4, 0.5) is 5.82 Å². The number of nitrogens with zero attached hydrogens (tertiary/aromatic N) is 1. The first-order valence-electron chi connectivity index (χ1n) is 9.20. The number of aryl methyl sites for hydroxylation is 1. The first-order chi connectivity index (χ1) is 11.6. The molecule has 0 bridgehead atoms. The molecule has 0 spiro atoms. The molecule has 0 aromatic carbocycles. The maximum atomic E-state index is 12.1. The normalized spacial score (nSPS) is 18.2. The van der Waals surface area contributed by atoms with E-state index >= 15 is 0 Å². The topological polar surface area (TPSA) is 84.2 Å². The predicted octanol–water partition coefficient (Wildman–Crippen LogP) is 3.71. The van der Waals surface area contributed by atoms with Crippen molar-refractivity contribution in [2.24, 2.45) is 0 Å². The lowest BCUT2D eigenvalue weighted by Crippen LogP contribution is -2.42. The van der Waals surface area contributed by atoms with Crippen molar-refractivity contribution in [2.45, 2.75) is 83.6 Å². The van der Waals surface area contributed by atoms with Crippen LogP contribution < -0.4 is 10.6 Å². The van der Waals surface area contributed by atoms with Crippen molar-refractivity contribution in [1.82, 2.24) is 10.5 Å². The molecule has 2 N–H and O–H groups in total. The lowest BCUT2D eigenvalue weighted by molar-refractivity contribution is -0.136. The molecule has 0 unspecified atom stereocenters. The number of amides is 2. The van der Waals surface area contributed by atoms with Crippen LogP contribution in [0.25, 0.3) is 0 Å². The zero-order valence-corrected chi connectivity index (χ0v) is 14.6. The molecule has 1 aliphatic rings. The molecule has 6 nitrogen and oxygen atoms in total. The fourth-order valence-electron chi connectivity index (χ4n) is 3.16. The molecular weight excluding hydrogens is 306 g/mol. The van der Waals surface area contributed by atoms with E-state index in [0.29, 0.717) is 5.76 Å². The molecule has 0 radical (unpaired) electrons. The van der Waals surface area contributed by atoms with E-state index in [1.165, 1.54) is 44.9 Å². The smallest absolute Gasteiger partial charge is 0.314 e.